The third-order valence-corrected chi connectivity index (χ3v) is 5.40. The molecule has 0 N–H and O–H groups in total. The van der Waals surface area contributed by atoms with Gasteiger partial charge in [0.1, 0.15) is 11.3 Å². The Labute approximate surface area is 142 Å². The van der Waals surface area contributed by atoms with Crippen molar-refractivity contribution in [2.45, 2.75) is 30.0 Å². The second kappa shape index (κ2) is 5.72. The summed E-state index contributed by atoms with van der Waals surface area (Å²) in [7, 11) is 0. The molecule has 5 nitrogen and oxygen atoms in total. The van der Waals surface area contributed by atoms with E-state index in [1.54, 1.807) is 6.20 Å². The molecule has 4 rings (SSSR count). The van der Waals surface area contributed by atoms with Crippen molar-refractivity contribution in [2.75, 3.05) is 30.9 Å². The Morgan fingerprint density at radius 1 is 1.39 bits per heavy atom. The molecule has 0 bridgehead atoms. The fraction of sp³-hybridized carbons (Fsp3) is 0.533. The fourth-order valence-corrected chi connectivity index (χ4v) is 3.82. The minimum absolute atomic E-state index is 0.0621. The van der Waals surface area contributed by atoms with Gasteiger partial charge in [-0.15, -0.1) is 0 Å². The topological polar surface area (TPSA) is 51.1 Å². The van der Waals surface area contributed by atoms with Crippen LogP contribution in [0.1, 0.15) is 19.3 Å². The number of pyridine rings is 1. The summed E-state index contributed by atoms with van der Waals surface area (Å²) in [5.41, 5.74) is 0.168. The maximum atomic E-state index is 14.4. The molecule has 1 unspecified atom stereocenters. The predicted molar refractivity (Wildman–Crippen MR) is 88.8 cm³/mol. The van der Waals surface area contributed by atoms with Crippen molar-refractivity contribution in [1.29, 1.82) is 0 Å². The van der Waals surface area contributed by atoms with E-state index in [4.69, 9.17) is 16.3 Å². The zero-order valence-corrected chi connectivity index (χ0v) is 14.3. The highest BCUT2D eigenvalue weighted by Crippen LogP contribution is 2.38. The number of anilines is 1. The van der Waals surface area contributed by atoms with Crippen LogP contribution in [0.2, 0.25) is 5.15 Å². The summed E-state index contributed by atoms with van der Waals surface area (Å²) in [6.07, 6.45) is 6.60. The lowest BCUT2D eigenvalue weighted by molar-refractivity contribution is -0.151. The standard InChI is InChI=1S/C15H16ClFN4OS/c1-23-14-19-11-9(7-18-12(16)10(11)17)13(20-14)21-5-2-3-15(8-21)4-6-22-15/h7H,2-6,8H2,1H3. The van der Waals surface area contributed by atoms with Crippen LogP contribution >= 0.6 is 23.4 Å². The number of ether oxygens (including phenoxy) is 1. The van der Waals surface area contributed by atoms with Gasteiger partial charge in [0.25, 0.3) is 0 Å². The third kappa shape index (κ3) is 2.55. The molecule has 2 aliphatic rings. The molecule has 2 aromatic rings. The van der Waals surface area contributed by atoms with Crippen molar-refractivity contribution >= 4 is 40.1 Å². The number of piperidine rings is 1. The Balaban J connectivity index is 1.83. The molecule has 0 saturated carbocycles. The summed E-state index contributed by atoms with van der Waals surface area (Å²) in [4.78, 5) is 15.0. The van der Waals surface area contributed by atoms with E-state index in [0.717, 1.165) is 44.8 Å². The molecule has 122 valence electrons. The van der Waals surface area contributed by atoms with Crippen molar-refractivity contribution in [3.05, 3.63) is 17.2 Å². The van der Waals surface area contributed by atoms with Crippen LogP contribution in [0.25, 0.3) is 10.9 Å². The number of nitrogens with zero attached hydrogens (tertiary/aromatic N) is 4. The summed E-state index contributed by atoms with van der Waals surface area (Å²) in [5.74, 6) is 0.131. The Kier molecular flexibility index (Phi) is 3.82. The molecule has 4 heterocycles. The van der Waals surface area contributed by atoms with Crippen LogP contribution in [0, 0.1) is 5.82 Å². The Hall–Kier alpha value is -1.18. The number of rotatable bonds is 2. The summed E-state index contributed by atoms with van der Waals surface area (Å²) in [6, 6.07) is 0. The first kappa shape index (κ1) is 15.4. The highest BCUT2D eigenvalue weighted by molar-refractivity contribution is 7.98. The molecule has 1 spiro atoms. The van der Waals surface area contributed by atoms with Crippen molar-refractivity contribution < 1.29 is 9.13 Å². The lowest BCUT2D eigenvalue weighted by Crippen LogP contribution is -2.56. The smallest absolute Gasteiger partial charge is 0.189 e. The van der Waals surface area contributed by atoms with Crippen LogP contribution in [0.15, 0.2) is 11.4 Å². The van der Waals surface area contributed by atoms with E-state index in [2.05, 4.69) is 19.9 Å². The molecule has 0 aromatic carbocycles. The van der Waals surface area contributed by atoms with Crippen LogP contribution in [-0.2, 0) is 4.74 Å². The first-order valence-electron chi connectivity index (χ1n) is 7.56. The molecule has 1 atom stereocenters. The first-order chi connectivity index (χ1) is 11.1. The predicted octanol–water partition coefficient (Wildman–Crippen LogP) is 3.30. The summed E-state index contributed by atoms with van der Waals surface area (Å²) < 4.78 is 20.2. The average molecular weight is 355 g/mol. The second-order valence-electron chi connectivity index (χ2n) is 5.97. The first-order valence-corrected chi connectivity index (χ1v) is 9.17. The number of hydrogen-bond donors (Lipinski definition) is 0. The Morgan fingerprint density at radius 2 is 2.22 bits per heavy atom. The van der Waals surface area contributed by atoms with Gasteiger partial charge in [-0.3, -0.25) is 0 Å². The zero-order chi connectivity index (χ0) is 16.0. The number of hydrogen-bond acceptors (Lipinski definition) is 6. The molecule has 0 amide bonds. The van der Waals surface area contributed by atoms with Gasteiger partial charge in [0.15, 0.2) is 16.1 Å². The van der Waals surface area contributed by atoms with E-state index in [0.29, 0.717) is 10.5 Å². The van der Waals surface area contributed by atoms with E-state index in [-0.39, 0.29) is 16.3 Å². The third-order valence-electron chi connectivity index (χ3n) is 4.59. The zero-order valence-electron chi connectivity index (χ0n) is 12.7. The lowest BCUT2D eigenvalue weighted by atomic mass is 9.86. The van der Waals surface area contributed by atoms with E-state index < -0.39 is 5.82 Å². The highest BCUT2D eigenvalue weighted by Gasteiger charge is 2.42. The van der Waals surface area contributed by atoms with Gasteiger partial charge in [-0.25, -0.2) is 19.3 Å². The van der Waals surface area contributed by atoms with Gasteiger partial charge < -0.3 is 9.64 Å². The molecule has 8 heteroatoms. The Bertz CT molecular complexity index is 771. The Morgan fingerprint density at radius 3 is 2.91 bits per heavy atom. The van der Waals surface area contributed by atoms with Crippen molar-refractivity contribution in [3.63, 3.8) is 0 Å². The fourth-order valence-electron chi connectivity index (χ4n) is 3.32. The molecular formula is C15H16ClFN4OS. The molecular weight excluding hydrogens is 339 g/mol. The van der Waals surface area contributed by atoms with E-state index >= 15 is 0 Å². The average Bonchev–Trinajstić information content (AvgIpc) is 2.56. The van der Waals surface area contributed by atoms with Gasteiger partial charge in [0.05, 0.1) is 17.6 Å². The van der Waals surface area contributed by atoms with Crippen LogP contribution < -0.4 is 4.90 Å². The minimum Gasteiger partial charge on any atom is -0.373 e. The number of fused-ring (bicyclic) bond motifs is 1. The van der Waals surface area contributed by atoms with E-state index in [1.807, 2.05) is 6.26 Å². The summed E-state index contributed by atoms with van der Waals surface area (Å²) in [5, 5.41) is 0.968. The van der Waals surface area contributed by atoms with Crippen LogP contribution in [0.4, 0.5) is 10.2 Å². The number of aromatic nitrogens is 3. The lowest BCUT2D eigenvalue weighted by Gasteiger charge is -2.48. The summed E-state index contributed by atoms with van der Waals surface area (Å²) >= 11 is 7.20. The molecule has 23 heavy (non-hydrogen) atoms. The quantitative estimate of drug-likeness (QED) is 0.468. The van der Waals surface area contributed by atoms with Crippen LogP contribution in [0.5, 0.6) is 0 Å². The van der Waals surface area contributed by atoms with Gasteiger partial charge in [-0.2, -0.15) is 0 Å². The minimum atomic E-state index is -0.588. The van der Waals surface area contributed by atoms with Gasteiger partial charge in [0, 0.05) is 25.7 Å². The second-order valence-corrected chi connectivity index (χ2v) is 7.10. The molecule has 2 aliphatic heterocycles. The molecule has 2 fully saturated rings. The van der Waals surface area contributed by atoms with Crippen molar-refractivity contribution in [1.82, 2.24) is 15.0 Å². The van der Waals surface area contributed by atoms with Gasteiger partial charge in [-0.1, -0.05) is 23.4 Å². The monoisotopic (exact) mass is 354 g/mol. The van der Waals surface area contributed by atoms with Gasteiger partial charge in [-0.05, 0) is 19.1 Å². The SMILES string of the molecule is CSc1nc(N2CCCC3(CCO3)C2)c2cnc(Cl)c(F)c2n1. The van der Waals surface area contributed by atoms with Crippen molar-refractivity contribution in [2.24, 2.45) is 0 Å². The maximum absolute atomic E-state index is 14.4. The summed E-state index contributed by atoms with van der Waals surface area (Å²) in [6.45, 7) is 2.46. The van der Waals surface area contributed by atoms with Gasteiger partial charge in [0.2, 0.25) is 0 Å². The molecule has 2 aromatic heterocycles. The van der Waals surface area contributed by atoms with E-state index in [1.165, 1.54) is 11.8 Å². The molecule has 2 saturated heterocycles. The van der Waals surface area contributed by atoms with E-state index in [9.17, 15) is 4.39 Å². The highest BCUT2D eigenvalue weighted by atomic mass is 35.5. The maximum Gasteiger partial charge on any atom is 0.189 e. The number of thioether (sulfide) groups is 1. The largest absolute Gasteiger partial charge is 0.373 e. The van der Waals surface area contributed by atoms with Crippen molar-refractivity contribution in [3.8, 4) is 0 Å². The molecule has 0 aliphatic carbocycles. The van der Waals surface area contributed by atoms with Gasteiger partial charge >= 0.3 is 0 Å². The van der Waals surface area contributed by atoms with Crippen LogP contribution in [-0.4, -0.2) is 46.5 Å². The number of halogens is 2. The normalized spacial score (nSPS) is 24.2. The molecule has 0 radical (unpaired) electrons. The van der Waals surface area contributed by atoms with Crippen LogP contribution in [0.3, 0.4) is 0 Å².